The predicted molar refractivity (Wildman–Crippen MR) is 89.4 cm³/mol. The van der Waals surface area contributed by atoms with E-state index in [2.05, 4.69) is 40.7 Å². The number of carbonyl (C=O) groups excluding carboxylic acids is 1. The molecular weight excluding hydrogens is 272 g/mol. The Kier molecular flexibility index (Phi) is 3.67. The van der Waals surface area contributed by atoms with Gasteiger partial charge >= 0.3 is 0 Å². The van der Waals surface area contributed by atoms with E-state index >= 15 is 0 Å². The molecule has 0 radical (unpaired) electrons. The third-order valence-electron chi connectivity index (χ3n) is 6.96. The molecule has 3 aliphatic carbocycles. The fourth-order valence-corrected chi connectivity index (χ4v) is 5.31. The van der Waals surface area contributed by atoms with Crippen LogP contribution in [0.2, 0.25) is 0 Å². The van der Waals surface area contributed by atoms with Crippen molar-refractivity contribution in [2.75, 3.05) is 0 Å². The molecule has 0 aromatic rings. The summed E-state index contributed by atoms with van der Waals surface area (Å²) in [4.78, 5) is 12.9. The SMILES string of the molecule is CC1=CC(=O)C2(C)CCC3(C)C(O)C=C(C(C)C)C3C2CC1. The lowest BCUT2D eigenvalue weighted by atomic mass is 9.50. The Morgan fingerprint density at radius 1 is 1.27 bits per heavy atom. The van der Waals surface area contributed by atoms with E-state index in [1.807, 2.05) is 6.08 Å². The summed E-state index contributed by atoms with van der Waals surface area (Å²) in [5, 5.41) is 10.7. The van der Waals surface area contributed by atoms with Gasteiger partial charge in [0.15, 0.2) is 5.78 Å². The topological polar surface area (TPSA) is 37.3 Å². The summed E-state index contributed by atoms with van der Waals surface area (Å²) in [5.41, 5.74) is 2.27. The van der Waals surface area contributed by atoms with Gasteiger partial charge in [-0.3, -0.25) is 4.79 Å². The van der Waals surface area contributed by atoms with E-state index in [0.717, 1.165) is 25.7 Å². The first kappa shape index (κ1) is 16.0. The van der Waals surface area contributed by atoms with Crippen LogP contribution in [0.15, 0.2) is 23.3 Å². The highest BCUT2D eigenvalue weighted by Crippen LogP contribution is 2.63. The summed E-state index contributed by atoms with van der Waals surface area (Å²) in [7, 11) is 0. The third kappa shape index (κ3) is 2.06. The molecule has 2 heteroatoms. The zero-order valence-electron chi connectivity index (χ0n) is 14.6. The van der Waals surface area contributed by atoms with E-state index in [1.165, 1.54) is 11.1 Å². The number of ketones is 1. The van der Waals surface area contributed by atoms with Crippen molar-refractivity contribution in [2.24, 2.45) is 28.6 Å². The minimum atomic E-state index is -0.355. The first-order valence-corrected chi connectivity index (χ1v) is 8.81. The number of aliphatic hydroxyl groups excluding tert-OH is 1. The van der Waals surface area contributed by atoms with Gasteiger partial charge in [0.2, 0.25) is 0 Å². The molecule has 3 aliphatic rings. The number of fused-ring (bicyclic) bond motifs is 3. The van der Waals surface area contributed by atoms with Crippen LogP contribution in [0, 0.1) is 28.6 Å². The Morgan fingerprint density at radius 3 is 2.59 bits per heavy atom. The van der Waals surface area contributed by atoms with E-state index in [-0.39, 0.29) is 16.9 Å². The van der Waals surface area contributed by atoms with Crippen LogP contribution in [0.4, 0.5) is 0 Å². The molecule has 2 nitrogen and oxygen atoms in total. The van der Waals surface area contributed by atoms with Crippen molar-refractivity contribution in [3.63, 3.8) is 0 Å². The maximum atomic E-state index is 12.9. The van der Waals surface area contributed by atoms with E-state index in [0.29, 0.717) is 23.5 Å². The molecule has 122 valence electrons. The van der Waals surface area contributed by atoms with Gasteiger partial charge in [-0.05, 0) is 56.4 Å². The van der Waals surface area contributed by atoms with E-state index in [1.54, 1.807) is 0 Å². The van der Waals surface area contributed by atoms with Crippen molar-refractivity contribution >= 4 is 5.78 Å². The van der Waals surface area contributed by atoms with Crippen molar-refractivity contribution in [1.82, 2.24) is 0 Å². The van der Waals surface area contributed by atoms with Gasteiger partial charge in [0, 0.05) is 10.8 Å². The number of hydrogen-bond donors (Lipinski definition) is 1. The zero-order valence-corrected chi connectivity index (χ0v) is 14.6. The summed E-state index contributed by atoms with van der Waals surface area (Å²) in [6.07, 6.45) is 7.58. The van der Waals surface area contributed by atoms with Crippen molar-refractivity contribution in [3.8, 4) is 0 Å². The van der Waals surface area contributed by atoms with Gasteiger partial charge < -0.3 is 5.11 Å². The second-order valence-electron chi connectivity index (χ2n) is 8.67. The monoisotopic (exact) mass is 302 g/mol. The second kappa shape index (κ2) is 5.06. The summed E-state index contributed by atoms with van der Waals surface area (Å²) < 4.78 is 0. The second-order valence-corrected chi connectivity index (χ2v) is 8.67. The Hall–Kier alpha value is -0.890. The highest BCUT2D eigenvalue weighted by Gasteiger charge is 2.59. The number of rotatable bonds is 1. The van der Waals surface area contributed by atoms with E-state index < -0.39 is 0 Å². The average molecular weight is 302 g/mol. The van der Waals surface area contributed by atoms with E-state index in [9.17, 15) is 9.90 Å². The molecule has 1 N–H and O–H groups in total. The number of carbonyl (C=O) groups is 1. The van der Waals surface area contributed by atoms with Crippen LogP contribution < -0.4 is 0 Å². The van der Waals surface area contributed by atoms with Crippen LogP contribution in [-0.2, 0) is 4.79 Å². The van der Waals surface area contributed by atoms with Gasteiger partial charge in [0.1, 0.15) is 0 Å². The number of hydrogen-bond acceptors (Lipinski definition) is 2. The minimum Gasteiger partial charge on any atom is -0.388 e. The first-order valence-electron chi connectivity index (χ1n) is 8.81. The lowest BCUT2D eigenvalue weighted by molar-refractivity contribution is -0.136. The smallest absolute Gasteiger partial charge is 0.161 e. The van der Waals surface area contributed by atoms with Crippen molar-refractivity contribution in [3.05, 3.63) is 23.3 Å². The normalized spacial score (nSPS) is 45.0. The van der Waals surface area contributed by atoms with Gasteiger partial charge in [-0.15, -0.1) is 0 Å². The Morgan fingerprint density at radius 2 is 1.95 bits per heavy atom. The lowest BCUT2D eigenvalue weighted by Crippen LogP contribution is -2.51. The standard InChI is InChI=1S/C20H30O2/c1-12(2)14-11-17(22)20(5)9-8-19(4)15(18(14)20)7-6-13(3)10-16(19)21/h10-12,15,17-18,22H,6-9H2,1-5H3. The third-order valence-corrected chi connectivity index (χ3v) is 6.96. The molecule has 1 fully saturated rings. The van der Waals surface area contributed by atoms with Crippen LogP contribution >= 0.6 is 0 Å². The quantitative estimate of drug-likeness (QED) is 0.734. The first-order chi connectivity index (χ1) is 10.2. The van der Waals surface area contributed by atoms with E-state index in [4.69, 9.17) is 0 Å². The molecule has 0 aromatic carbocycles. The van der Waals surface area contributed by atoms with Crippen LogP contribution in [0.3, 0.4) is 0 Å². The van der Waals surface area contributed by atoms with Gasteiger partial charge in [0.25, 0.3) is 0 Å². The Bertz CT molecular complexity index is 556. The largest absolute Gasteiger partial charge is 0.388 e. The summed E-state index contributed by atoms with van der Waals surface area (Å²) in [6.45, 7) is 10.9. The molecule has 0 bridgehead atoms. The van der Waals surface area contributed by atoms with Gasteiger partial charge in [-0.25, -0.2) is 0 Å². The van der Waals surface area contributed by atoms with Crippen molar-refractivity contribution in [2.45, 2.75) is 66.4 Å². The Labute approximate surface area is 134 Å². The summed E-state index contributed by atoms with van der Waals surface area (Å²) in [5.74, 6) is 1.47. The molecule has 0 amide bonds. The highest BCUT2D eigenvalue weighted by molar-refractivity contribution is 5.95. The molecule has 0 aromatic heterocycles. The van der Waals surface area contributed by atoms with Gasteiger partial charge in [-0.2, -0.15) is 0 Å². The van der Waals surface area contributed by atoms with Crippen LogP contribution in [0.1, 0.15) is 60.3 Å². The van der Waals surface area contributed by atoms with Crippen molar-refractivity contribution in [1.29, 1.82) is 0 Å². The van der Waals surface area contributed by atoms with Crippen LogP contribution in [0.25, 0.3) is 0 Å². The maximum Gasteiger partial charge on any atom is 0.161 e. The maximum absolute atomic E-state index is 12.9. The molecule has 5 unspecified atom stereocenters. The summed E-state index contributed by atoms with van der Waals surface area (Å²) >= 11 is 0. The number of aliphatic hydroxyl groups is 1. The highest BCUT2D eigenvalue weighted by atomic mass is 16.3. The molecule has 0 saturated heterocycles. The molecule has 5 atom stereocenters. The molecule has 3 rings (SSSR count). The fraction of sp³-hybridized carbons (Fsp3) is 0.750. The molecule has 0 heterocycles. The fourth-order valence-electron chi connectivity index (χ4n) is 5.31. The minimum absolute atomic E-state index is 0.0810. The number of allylic oxidation sites excluding steroid dienone is 3. The van der Waals surface area contributed by atoms with Crippen LogP contribution in [0.5, 0.6) is 0 Å². The molecule has 22 heavy (non-hydrogen) atoms. The lowest BCUT2D eigenvalue weighted by Gasteiger charge is -2.53. The molecule has 0 spiro atoms. The molecule has 0 aliphatic heterocycles. The summed E-state index contributed by atoms with van der Waals surface area (Å²) in [6, 6.07) is 0. The predicted octanol–water partition coefficient (Wildman–Crippen LogP) is 4.29. The average Bonchev–Trinajstić information content (AvgIpc) is 2.64. The van der Waals surface area contributed by atoms with Crippen LogP contribution in [-0.4, -0.2) is 17.0 Å². The van der Waals surface area contributed by atoms with Crippen molar-refractivity contribution < 1.29 is 9.90 Å². The molecular formula is C20H30O2. The van der Waals surface area contributed by atoms with Gasteiger partial charge in [-0.1, -0.05) is 44.9 Å². The molecule has 1 saturated carbocycles. The zero-order chi connectivity index (χ0) is 16.3. The van der Waals surface area contributed by atoms with Gasteiger partial charge in [0.05, 0.1) is 6.10 Å². The Balaban J connectivity index is 2.07.